The Morgan fingerprint density at radius 2 is 1.80 bits per heavy atom. The second-order valence-corrected chi connectivity index (χ2v) is 9.62. The number of anilines is 1. The summed E-state index contributed by atoms with van der Waals surface area (Å²) in [5.41, 5.74) is 1.73. The minimum Gasteiger partial charge on any atom is -0.381 e. The summed E-state index contributed by atoms with van der Waals surface area (Å²) < 4.78 is 20.6. The predicted octanol–water partition coefficient (Wildman–Crippen LogP) is 3.19. The van der Waals surface area contributed by atoms with Crippen molar-refractivity contribution in [1.82, 2.24) is 15.2 Å². The first-order chi connectivity index (χ1) is 16.5. The highest BCUT2D eigenvalue weighted by molar-refractivity contribution is 6.43. The molecule has 0 spiro atoms. The standard InChI is InChI=1S/C26H35FN4O4/c1-15(2)28-14-26(9-11-35-12-10-26)30-25(34)23(32)22-17(4)21(18(5)31(22)6)24(33)29-19-7-8-20(27)16(3)13-19/h7-8,13,15,28H,9-12,14H2,1-6H3,(H,29,33)(H,30,34). The number of ether oxygens (including phenoxy) is 1. The Morgan fingerprint density at radius 3 is 2.40 bits per heavy atom. The Morgan fingerprint density at radius 1 is 1.14 bits per heavy atom. The number of hydrogen-bond acceptors (Lipinski definition) is 5. The molecule has 1 fully saturated rings. The Kier molecular flexibility index (Phi) is 8.12. The van der Waals surface area contributed by atoms with Gasteiger partial charge in [0.25, 0.3) is 17.6 Å². The van der Waals surface area contributed by atoms with Crippen molar-refractivity contribution in [2.24, 2.45) is 7.05 Å². The smallest absolute Gasteiger partial charge is 0.294 e. The predicted molar refractivity (Wildman–Crippen MR) is 132 cm³/mol. The van der Waals surface area contributed by atoms with Crippen molar-refractivity contribution in [3.63, 3.8) is 0 Å². The van der Waals surface area contributed by atoms with Crippen molar-refractivity contribution in [3.05, 3.63) is 52.1 Å². The molecule has 1 aliphatic heterocycles. The maximum absolute atomic E-state index is 13.6. The second kappa shape index (κ2) is 10.7. The summed E-state index contributed by atoms with van der Waals surface area (Å²) in [4.78, 5) is 39.5. The van der Waals surface area contributed by atoms with Crippen LogP contribution in [0.25, 0.3) is 0 Å². The molecule has 3 N–H and O–H groups in total. The molecule has 1 aromatic heterocycles. The van der Waals surface area contributed by atoms with E-state index in [0.29, 0.717) is 60.7 Å². The molecule has 1 aliphatic rings. The van der Waals surface area contributed by atoms with Crippen molar-refractivity contribution in [1.29, 1.82) is 0 Å². The van der Waals surface area contributed by atoms with E-state index in [9.17, 15) is 18.8 Å². The van der Waals surface area contributed by atoms with E-state index in [4.69, 9.17) is 4.74 Å². The number of nitrogens with zero attached hydrogens (tertiary/aromatic N) is 1. The van der Waals surface area contributed by atoms with Crippen LogP contribution in [-0.4, -0.2) is 53.5 Å². The third-order valence-corrected chi connectivity index (χ3v) is 6.67. The van der Waals surface area contributed by atoms with Crippen molar-refractivity contribution < 1.29 is 23.5 Å². The van der Waals surface area contributed by atoms with Crippen molar-refractivity contribution >= 4 is 23.3 Å². The van der Waals surface area contributed by atoms with Crippen LogP contribution in [0.3, 0.4) is 0 Å². The maximum atomic E-state index is 13.6. The van der Waals surface area contributed by atoms with Crippen LogP contribution in [0.4, 0.5) is 10.1 Å². The minimum absolute atomic E-state index is 0.166. The molecule has 0 aliphatic carbocycles. The van der Waals surface area contributed by atoms with Crippen molar-refractivity contribution in [2.45, 2.75) is 59.0 Å². The Balaban J connectivity index is 1.84. The van der Waals surface area contributed by atoms with Crippen LogP contribution in [0, 0.1) is 26.6 Å². The number of amides is 2. The fourth-order valence-electron chi connectivity index (χ4n) is 4.46. The van der Waals surface area contributed by atoms with Crippen LogP contribution in [0.2, 0.25) is 0 Å². The molecule has 0 atom stereocenters. The molecule has 9 heteroatoms. The van der Waals surface area contributed by atoms with Crippen LogP contribution < -0.4 is 16.0 Å². The molecule has 0 bridgehead atoms. The number of aryl methyl sites for hydroxylation is 1. The molecular weight excluding hydrogens is 451 g/mol. The van der Waals surface area contributed by atoms with E-state index in [-0.39, 0.29) is 17.6 Å². The third-order valence-electron chi connectivity index (χ3n) is 6.67. The first-order valence-corrected chi connectivity index (χ1v) is 11.9. The summed E-state index contributed by atoms with van der Waals surface area (Å²) in [6, 6.07) is 4.53. The Bertz CT molecular complexity index is 1130. The highest BCUT2D eigenvalue weighted by Crippen LogP contribution is 2.25. The SMILES string of the molecule is Cc1cc(NC(=O)c2c(C)c(C(=O)C(=O)NC3(CNC(C)C)CCOCC3)n(C)c2C)ccc1F. The number of hydrogen-bond donors (Lipinski definition) is 3. The molecule has 190 valence electrons. The molecule has 35 heavy (non-hydrogen) atoms. The average molecular weight is 487 g/mol. The minimum atomic E-state index is -0.706. The lowest BCUT2D eigenvalue weighted by Crippen LogP contribution is -2.59. The molecule has 0 saturated carbocycles. The van der Waals surface area contributed by atoms with E-state index in [2.05, 4.69) is 16.0 Å². The molecule has 8 nitrogen and oxygen atoms in total. The number of carbonyl (C=O) groups is 3. The fourth-order valence-corrected chi connectivity index (χ4v) is 4.46. The van der Waals surface area contributed by atoms with Gasteiger partial charge in [-0.1, -0.05) is 13.8 Å². The first kappa shape index (κ1) is 26.6. The van der Waals surface area contributed by atoms with Gasteiger partial charge in [-0.15, -0.1) is 0 Å². The molecule has 1 aromatic carbocycles. The summed E-state index contributed by atoms with van der Waals surface area (Å²) in [7, 11) is 1.66. The summed E-state index contributed by atoms with van der Waals surface area (Å²) in [5.74, 6) is -2.19. The molecule has 2 heterocycles. The fraction of sp³-hybridized carbons (Fsp3) is 0.500. The number of rotatable bonds is 8. The molecular formula is C26H35FN4O4. The second-order valence-electron chi connectivity index (χ2n) is 9.62. The van der Waals surface area contributed by atoms with Gasteiger partial charge in [0.15, 0.2) is 0 Å². The molecule has 2 aromatic rings. The van der Waals surface area contributed by atoms with E-state index < -0.39 is 23.1 Å². The van der Waals surface area contributed by atoms with E-state index in [1.807, 2.05) is 13.8 Å². The number of carbonyl (C=O) groups excluding carboxylic acids is 3. The number of ketones is 1. The van der Waals surface area contributed by atoms with Gasteiger partial charge in [0.05, 0.1) is 16.8 Å². The normalized spacial score (nSPS) is 15.2. The van der Waals surface area contributed by atoms with Gasteiger partial charge in [-0.2, -0.15) is 0 Å². The zero-order valence-corrected chi connectivity index (χ0v) is 21.3. The summed E-state index contributed by atoms with van der Waals surface area (Å²) in [6.07, 6.45) is 1.20. The summed E-state index contributed by atoms with van der Waals surface area (Å²) >= 11 is 0. The first-order valence-electron chi connectivity index (χ1n) is 11.9. The molecule has 3 rings (SSSR count). The topological polar surface area (TPSA) is 101 Å². The lowest BCUT2D eigenvalue weighted by molar-refractivity contribution is -0.120. The quantitative estimate of drug-likeness (QED) is 0.393. The number of Topliss-reactive ketones (excluding diaryl/α,β-unsaturated/α-hetero) is 1. The van der Waals surface area contributed by atoms with Crippen LogP contribution in [0.5, 0.6) is 0 Å². The maximum Gasteiger partial charge on any atom is 0.294 e. The van der Waals surface area contributed by atoms with Crippen LogP contribution >= 0.6 is 0 Å². The van der Waals surface area contributed by atoms with Gasteiger partial charge in [0, 0.05) is 44.2 Å². The van der Waals surface area contributed by atoms with E-state index in [1.165, 1.54) is 12.1 Å². The number of aromatic nitrogens is 1. The van der Waals surface area contributed by atoms with Crippen LogP contribution in [0.1, 0.15) is 64.4 Å². The Labute approximate surface area is 205 Å². The van der Waals surface area contributed by atoms with E-state index in [1.54, 1.807) is 38.5 Å². The zero-order chi connectivity index (χ0) is 25.9. The zero-order valence-electron chi connectivity index (χ0n) is 21.3. The summed E-state index contributed by atoms with van der Waals surface area (Å²) in [5, 5.41) is 9.09. The van der Waals surface area contributed by atoms with E-state index >= 15 is 0 Å². The van der Waals surface area contributed by atoms with Gasteiger partial charge < -0.3 is 25.3 Å². The van der Waals surface area contributed by atoms with Crippen LogP contribution in [0.15, 0.2) is 18.2 Å². The molecule has 2 amide bonds. The van der Waals surface area contributed by atoms with Gasteiger partial charge in [-0.3, -0.25) is 14.4 Å². The highest BCUT2D eigenvalue weighted by atomic mass is 19.1. The van der Waals surface area contributed by atoms with Gasteiger partial charge >= 0.3 is 0 Å². The van der Waals surface area contributed by atoms with Crippen molar-refractivity contribution in [2.75, 3.05) is 25.1 Å². The molecule has 0 unspecified atom stereocenters. The largest absolute Gasteiger partial charge is 0.381 e. The number of nitrogens with one attached hydrogen (secondary N) is 3. The third kappa shape index (κ3) is 5.79. The molecule has 0 radical (unpaired) electrons. The number of benzene rings is 1. The van der Waals surface area contributed by atoms with Gasteiger partial charge in [-0.05, 0) is 62.9 Å². The average Bonchev–Trinajstić information content (AvgIpc) is 3.03. The Hall–Kier alpha value is -3.04. The lowest BCUT2D eigenvalue weighted by atomic mass is 9.89. The van der Waals surface area contributed by atoms with Gasteiger partial charge in [0.1, 0.15) is 5.82 Å². The lowest BCUT2D eigenvalue weighted by Gasteiger charge is -2.38. The van der Waals surface area contributed by atoms with Crippen molar-refractivity contribution in [3.8, 4) is 0 Å². The van der Waals surface area contributed by atoms with Crippen LogP contribution in [-0.2, 0) is 16.6 Å². The molecule has 1 saturated heterocycles. The monoisotopic (exact) mass is 486 g/mol. The van der Waals surface area contributed by atoms with Gasteiger partial charge in [0.2, 0.25) is 0 Å². The summed E-state index contributed by atoms with van der Waals surface area (Å²) in [6.45, 7) is 10.6. The number of halogens is 1. The van der Waals surface area contributed by atoms with E-state index in [0.717, 1.165) is 0 Å². The van der Waals surface area contributed by atoms with Gasteiger partial charge in [-0.25, -0.2) is 4.39 Å². The highest BCUT2D eigenvalue weighted by Gasteiger charge is 2.37.